The second kappa shape index (κ2) is 5.26. The molecule has 2 spiro atoms. The van der Waals surface area contributed by atoms with E-state index in [0.717, 1.165) is 38.6 Å². The van der Waals surface area contributed by atoms with Crippen LogP contribution in [0.4, 0.5) is 8.78 Å². The van der Waals surface area contributed by atoms with Gasteiger partial charge in [-0.1, -0.05) is 0 Å². The average Bonchev–Trinajstić information content (AvgIpc) is 2.93. The van der Waals surface area contributed by atoms with Crippen molar-refractivity contribution in [3.63, 3.8) is 0 Å². The molecule has 0 saturated heterocycles. The lowest BCUT2D eigenvalue weighted by atomic mass is 9.37. The molecule has 5 rings (SSSR count). The number of rotatable bonds is 3. The van der Waals surface area contributed by atoms with Crippen LogP contribution in [0.25, 0.3) is 0 Å². The molecule has 2 N–H and O–H groups in total. The van der Waals surface area contributed by atoms with Crippen molar-refractivity contribution in [2.45, 2.75) is 56.9 Å². The van der Waals surface area contributed by atoms with Crippen LogP contribution >= 0.6 is 11.3 Å². The Morgan fingerprint density at radius 3 is 2.72 bits per heavy atom. The molecule has 0 bridgehead atoms. The van der Waals surface area contributed by atoms with Gasteiger partial charge in [-0.3, -0.25) is 4.79 Å². The van der Waals surface area contributed by atoms with E-state index >= 15 is 0 Å². The molecule has 6 heteroatoms. The van der Waals surface area contributed by atoms with Crippen molar-refractivity contribution >= 4 is 17.2 Å². The van der Waals surface area contributed by atoms with Gasteiger partial charge in [0, 0.05) is 36.7 Å². The van der Waals surface area contributed by atoms with Crippen LogP contribution in [0.2, 0.25) is 0 Å². The van der Waals surface area contributed by atoms with E-state index in [0.29, 0.717) is 6.54 Å². The second-order valence-electron chi connectivity index (χ2n) is 8.97. The van der Waals surface area contributed by atoms with Crippen molar-refractivity contribution in [2.24, 2.45) is 16.7 Å². The molecular formula is C19H24F2N2OS. The Hall–Kier alpha value is -1.01. The molecule has 1 unspecified atom stereocenters. The smallest absolute Gasteiger partial charge is 0.249 e. The number of hydrogen-bond donors (Lipinski definition) is 2. The van der Waals surface area contributed by atoms with E-state index in [1.54, 1.807) is 11.3 Å². The van der Waals surface area contributed by atoms with E-state index in [1.807, 2.05) is 0 Å². The first-order valence-electron chi connectivity index (χ1n) is 9.33. The van der Waals surface area contributed by atoms with E-state index in [9.17, 15) is 13.6 Å². The molecule has 3 fully saturated rings. The SMILES string of the molecule is O=C(NCC1NCCc2sccc21)C1CC2(C1)CC1(CC(F)(F)C1)C2. The molecule has 1 aromatic rings. The van der Waals surface area contributed by atoms with E-state index in [2.05, 4.69) is 22.1 Å². The molecular weight excluding hydrogens is 342 g/mol. The third-order valence-electron chi connectivity index (χ3n) is 6.88. The number of nitrogens with one attached hydrogen (secondary N) is 2. The first-order valence-corrected chi connectivity index (χ1v) is 10.2. The fourth-order valence-electron chi connectivity index (χ4n) is 6.16. The van der Waals surface area contributed by atoms with E-state index in [1.165, 1.54) is 10.4 Å². The van der Waals surface area contributed by atoms with Crippen LogP contribution < -0.4 is 10.6 Å². The van der Waals surface area contributed by atoms with Crippen LogP contribution in [0.3, 0.4) is 0 Å². The molecule has 3 nitrogen and oxygen atoms in total. The summed E-state index contributed by atoms with van der Waals surface area (Å²) >= 11 is 1.80. The number of carbonyl (C=O) groups excluding carboxylic acids is 1. The highest BCUT2D eigenvalue weighted by molar-refractivity contribution is 7.10. The molecule has 1 atom stereocenters. The van der Waals surface area contributed by atoms with Gasteiger partial charge in [0.05, 0.1) is 6.04 Å². The Morgan fingerprint density at radius 1 is 1.24 bits per heavy atom. The minimum absolute atomic E-state index is 0.0771. The van der Waals surface area contributed by atoms with Crippen LogP contribution in [0.15, 0.2) is 11.4 Å². The quantitative estimate of drug-likeness (QED) is 0.857. The highest BCUT2D eigenvalue weighted by Crippen LogP contribution is 2.74. The first kappa shape index (κ1) is 16.2. The van der Waals surface area contributed by atoms with Crippen molar-refractivity contribution in [1.29, 1.82) is 0 Å². The summed E-state index contributed by atoms with van der Waals surface area (Å²) in [6.07, 6.45) is 4.86. The summed E-state index contributed by atoms with van der Waals surface area (Å²) in [6, 6.07) is 2.38. The maximum Gasteiger partial charge on any atom is 0.249 e. The fourth-order valence-corrected chi connectivity index (χ4v) is 7.10. The van der Waals surface area contributed by atoms with Crippen molar-refractivity contribution in [3.8, 4) is 0 Å². The number of carbonyl (C=O) groups is 1. The Morgan fingerprint density at radius 2 is 2.00 bits per heavy atom. The molecule has 4 aliphatic rings. The topological polar surface area (TPSA) is 41.1 Å². The summed E-state index contributed by atoms with van der Waals surface area (Å²) in [5.41, 5.74) is 1.46. The van der Waals surface area contributed by atoms with Gasteiger partial charge in [-0.15, -0.1) is 11.3 Å². The largest absolute Gasteiger partial charge is 0.354 e. The van der Waals surface area contributed by atoms with Crippen LogP contribution in [0.1, 0.15) is 55.0 Å². The summed E-state index contributed by atoms with van der Waals surface area (Å²) in [7, 11) is 0. The maximum atomic E-state index is 13.1. The van der Waals surface area contributed by atoms with Gasteiger partial charge in [0.15, 0.2) is 0 Å². The highest BCUT2D eigenvalue weighted by atomic mass is 32.1. The Bertz CT molecular complexity index is 692. The van der Waals surface area contributed by atoms with Gasteiger partial charge in [0.1, 0.15) is 0 Å². The fraction of sp³-hybridized carbons (Fsp3) is 0.737. The molecule has 136 valence electrons. The number of thiophene rings is 1. The maximum absolute atomic E-state index is 13.1. The lowest BCUT2D eigenvalue weighted by molar-refractivity contribution is -0.254. The van der Waals surface area contributed by atoms with E-state index in [-0.39, 0.29) is 41.5 Å². The van der Waals surface area contributed by atoms with Gasteiger partial charge in [-0.25, -0.2) is 8.78 Å². The van der Waals surface area contributed by atoms with Gasteiger partial charge in [0.2, 0.25) is 11.8 Å². The molecule has 2 heterocycles. The predicted molar refractivity (Wildman–Crippen MR) is 92.8 cm³/mol. The Labute approximate surface area is 150 Å². The molecule has 1 aliphatic heterocycles. The Kier molecular flexibility index (Phi) is 3.40. The minimum atomic E-state index is -2.42. The van der Waals surface area contributed by atoms with Crippen LogP contribution in [-0.4, -0.2) is 24.9 Å². The van der Waals surface area contributed by atoms with Gasteiger partial charge >= 0.3 is 0 Å². The third kappa shape index (κ3) is 2.64. The first-order chi connectivity index (χ1) is 11.9. The highest BCUT2D eigenvalue weighted by Gasteiger charge is 2.69. The standard InChI is InChI=1S/C19H24F2N2OS/c20-19(21)10-18(11-19)8-17(9-18)5-12(6-17)16(24)23-7-14-13-2-4-25-15(13)1-3-22-14/h2,4,12,14,22H,1,3,5-11H2,(H,23,24). The Balaban J connectivity index is 1.09. The second-order valence-corrected chi connectivity index (χ2v) is 9.97. The lowest BCUT2D eigenvalue weighted by Gasteiger charge is -2.68. The lowest BCUT2D eigenvalue weighted by Crippen LogP contribution is -2.63. The van der Waals surface area contributed by atoms with E-state index < -0.39 is 5.92 Å². The monoisotopic (exact) mass is 366 g/mol. The predicted octanol–water partition coefficient (Wildman–Crippen LogP) is 3.66. The molecule has 1 aromatic heterocycles. The van der Waals surface area contributed by atoms with Crippen molar-refractivity contribution in [2.75, 3.05) is 13.1 Å². The minimum Gasteiger partial charge on any atom is -0.354 e. The van der Waals surface area contributed by atoms with Crippen molar-refractivity contribution < 1.29 is 13.6 Å². The van der Waals surface area contributed by atoms with Crippen LogP contribution in [0, 0.1) is 16.7 Å². The molecule has 0 aromatic carbocycles. The number of halogens is 2. The molecule has 3 saturated carbocycles. The van der Waals surface area contributed by atoms with Gasteiger partial charge in [0.25, 0.3) is 0 Å². The zero-order valence-electron chi connectivity index (χ0n) is 14.2. The zero-order valence-corrected chi connectivity index (χ0v) is 15.1. The normalized spacial score (nSPS) is 30.9. The summed E-state index contributed by atoms with van der Waals surface area (Å²) in [5.74, 6) is -2.19. The number of hydrogen-bond acceptors (Lipinski definition) is 3. The zero-order chi connectivity index (χ0) is 17.3. The molecule has 3 aliphatic carbocycles. The summed E-state index contributed by atoms with van der Waals surface area (Å²) in [6.45, 7) is 1.61. The molecule has 25 heavy (non-hydrogen) atoms. The van der Waals surface area contributed by atoms with Crippen LogP contribution in [-0.2, 0) is 11.2 Å². The van der Waals surface area contributed by atoms with Gasteiger partial charge in [-0.05, 0) is 59.9 Å². The summed E-state index contributed by atoms with van der Waals surface area (Å²) in [5, 5.41) is 8.72. The van der Waals surface area contributed by atoms with Crippen molar-refractivity contribution in [3.05, 3.63) is 21.9 Å². The average molecular weight is 366 g/mol. The van der Waals surface area contributed by atoms with Gasteiger partial charge in [-0.2, -0.15) is 0 Å². The molecule has 0 radical (unpaired) electrons. The third-order valence-corrected chi connectivity index (χ3v) is 7.87. The van der Waals surface area contributed by atoms with Crippen molar-refractivity contribution in [1.82, 2.24) is 10.6 Å². The molecule has 1 amide bonds. The number of alkyl halides is 2. The number of amides is 1. The summed E-state index contributed by atoms with van der Waals surface area (Å²) in [4.78, 5) is 13.9. The van der Waals surface area contributed by atoms with Gasteiger partial charge < -0.3 is 10.6 Å². The summed E-state index contributed by atoms with van der Waals surface area (Å²) < 4.78 is 26.2. The van der Waals surface area contributed by atoms with Crippen LogP contribution in [0.5, 0.6) is 0 Å². The van der Waals surface area contributed by atoms with E-state index in [4.69, 9.17) is 0 Å². The number of fused-ring (bicyclic) bond motifs is 1.